The third-order valence-electron chi connectivity index (χ3n) is 1.26. The van der Waals surface area contributed by atoms with Crippen LogP contribution >= 0.6 is 27.3 Å². The summed E-state index contributed by atoms with van der Waals surface area (Å²) in [6, 6.07) is 0. The number of hydrogen-bond acceptors (Lipinski definition) is 2. The van der Waals surface area contributed by atoms with Crippen molar-refractivity contribution >= 4 is 33.2 Å². The van der Waals surface area contributed by atoms with E-state index in [0.29, 0.717) is 0 Å². The van der Waals surface area contributed by atoms with E-state index in [2.05, 4.69) is 15.9 Å². The number of hydrogen-bond donors (Lipinski definition) is 1. The third kappa shape index (κ3) is 3.14. The van der Waals surface area contributed by atoms with Gasteiger partial charge in [-0.25, -0.2) is 4.79 Å². The number of aliphatic carboxylic acids is 1. The second-order valence-electron chi connectivity index (χ2n) is 2.11. The van der Waals surface area contributed by atoms with Gasteiger partial charge >= 0.3 is 39.4 Å². The van der Waals surface area contributed by atoms with Gasteiger partial charge in [-0.3, -0.25) is 0 Å². The molecule has 0 aliphatic heterocycles. The van der Waals surface area contributed by atoms with E-state index in [4.69, 9.17) is 5.11 Å². The Morgan fingerprint density at radius 1 is 1.92 bits per heavy atom. The van der Waals surface area contributed by atoms with Gasteiger partial charge in [0, 0.05) is 22.9 Å². The Morgan fingerprint density at radius 3 is 2.83 bits per heavy atom. The van der Waals surface area contributed by atoms with E-state index in [0.717, 1.165) is 9.61 Å². The predicted molar refractivity (Wildman–Crippen MR) is 45.7 cm³/mol. The quantitative estimate of drug-likeness (QED) is 0.509. The first-order valence-electron chi connectivity index (χ1n) is 2.96. The molecule has 0 spiro atoms. The molecule has 0 saturated heterocycles. The van der Waals surface area contributed by atoms with E-state index in [1.54, 1.807) is 4.57 Å². The van der Waals surface area contributed by atoms with Gasteiger partial charge in [-0.2, -0.15) is 4.57 Å². The fourth-order valence-electron chi connectivity index (χ4n) is 0.722. The Hall–Kier alpha value is 0.580. The van der Waals surface area contributed by atoms with Gasteiger partial charge in [0.1, 0.15) is 0 Å². The van der Waals surface area contributed by atoms with Gasteiger partial charge < -0.3 is 6.53 Å². The van der Waals surface area contributed by atoms with E-state index in [1.807, 2.05) is 12.3 Å². The first kappa shape index (κ1) is 12.6. The minimum absolute atomic E-state index is 0. The van der Waals surface area contributed by atoms with E-state index < -0.39 is 5.97 Å². The summed E-state index contributed by atoms with van der Waals surface area (Å²) in [5, 5.41) is 10.4. The van der Waals surface area contributed by atoms with Gasteiger partial charge in [0.05, 0.1) is 5.38 Å². The van der Waals surface area contributed by atoms with E-state index in [1.165, 1.54) is 11.3 Å². The predicted octanol–water partition coefficient (Wildman–Crippen LogP) is -1.69. The molecular weight excluding hydrogens is 253 g/mol. The maximum absolute atomic E-state index is 10.3. The molecule has 0 aliphatic carbocycles. The Bertz CT molecular complexity index is 275. The molecule has 0 saturated carbocycles. The van der Waals surface area contributed by atoms with Gasteiger partial charge in [0.2, 0.25) is 6.54 Å². The van der Waals surface area contributed by atoms with Crippen LogP contribution in [-0.4, -0.2) is 11.1 Å². The number of carbonyl (C=O) groups is 1. The van der Waals surface area contributed by atoms with E-state index in [-0.39, 0.29) is 37.5 Å². The molecule has 1 N–H and O–H groups in total. The molecule has 3 nitrogen and oxygen atoms in total. The van der Waals surface area contributed by atoms with Crippen LogP contribution in [0, 0.1) is 6.92 Å². The van der Waals surface area contributed by atoms with Crippen molar-refractivity contribution in [2.24, 2.45) is 0 Å². The molecule has 0 aliphatic rings. The maximum Gasteiger partial charge on any atom is 1.00 e. The van der Waals surface area contributed by atoms with Crippen molar-refractivity contribution in [3.05, 3.63) is 15.0 Å². The van der Waals surface area contributed by atoms with Crippen molar-refractivity contribution < 1.29 is 45.5 Å². The Kier molecular flexibility index (Phi) is 5.60. The summed E-state index contributed by atoms with van der Waals surface area (Å²) in [5.41, 5.74) is 0.962. The van der Waals surface area contributed by atoms with Crippen LogP contribution in [-0.2, 0) is 11.3 Å². The number of thiazole rings is 1. The summed E-state index contributed by atoms with van der Waals surface area (Å²) >= 11 is 4.75. The number of aryl methyl sites for hydroxylation is 1. The normalized spacial score (nSPS) is 9.17. The number of carboxylic acid groups (broad SMARTS) is 1. The molecule has 0 atom stereocenters. The van der Waals surface area contributed by atoms with Gasteiger partial charge in [-0.15, -0.1) is 0 Å². The average molecular weight is 261 g/mol. The first-order valence-corrected chi connectivity index (χ1v) is 4.63. The molecule has 1 aromatic rings. The van der Waals surface area contributed by atoms with Gasteiger partial charge in [-0.05, 0) is 0 Å². The molecule has 6 heteroatoms. The summed E-state index contributed by atoms with van der Waals surface area (Å²) in [7, 11) is 0. The molecule has 1 heterocycles. The summed E-state index contributed by atoms with van der Waals surface area (Å²) < 4.78 is 2.55. The Balaban J connectivity index is 0. The van der Waals surface area contributed by atoms with Crippen molar-refractivity contribution in [2.75, 3.05) is 0 Å². The topological polar surface area (TPSA) is 41.2 Å². The van der Waals surface area contributed by atoms with Crippen LogP contribution in [0.4, 0.5) is 0 Å². The van der Waals surface area contributed by atoms with Gasteiger partial charge in [0.25, 0.3) is 0 Å². The molecule has 0 unspecified atom stereocenters. The Labute approximate surface area is 106 Å². The second-order valence-corrected chi connectivity index (χ2v) is 4.24. The van der Waals surface area contributed by atoms with Crippen LogP contribution in [0.15, 0.2) is 9.30 Å². The monoisotopic (exact) mass is 260 g/mol. The fraction of sp³-hybridized carbons (Fsp3) is 0.333. The summed E-state index contributed by atoms with van der Waals surface area (Å²) in [6.07, 6.45) is 0. The molecule has 62 valence electrons. The van der Waals surface area contributed by atoms with Crippen LogP contribution in [0.5, 0.6) is 0 Å². The number of halogens is 1. The summed E-state index contributed by atoms with van der Waals surface area (Å²) in [4.78, 5) is 10.3. The van der Waals surface area contributed by atoms with Crippen molar-refractivity contribution in [1.29, 1.82) is 0 Å². The zero-order valence-corrected chi connectivity index (χ0v) is 11.3. The van der Waals surface area contributed by atoms with Crippen molar-refractivity contribution in [3.8, 4) is 0 Å². The molecule has 0 fully saturated rings. The van der Waals surface area contributed by atoms with Crippen molar-refractivity contribution in [2.45, 2.75) is 13.5 Å². The van der Waals surface area contributed by atoms with Gasteiger partial charge in [0.15, 0.2) is 5.69 Å². The first-order chi connectivity index (χ1) is 5.11. The molecule has 12 heavy (non-hydrogen) atoms. The number of nitrogens with zero attached hydrogens (tertiary/aromatic N) is 1. The second kappa shape index (κ2) is 5.34. The SMILES string of the molecule is Cc1csc(Br)[n+]1CC(=O)O.[H-].[Na+]. The number of aromatic nitrogens is 1. The summed E-state index contributed by atoms with van der Waals surface area (Å²) in [6.45, 7) is 1.90. The zero-order valence-electron chi connectivity index (χ0n) is 7.87. The summed E-state index contributed by atoms with van der Waals surface area (Å²) in [5.74, 6) is -0.822. The molecule has 0 bridgehead atoms. The number of rotatable bonds is 2. The molecule has 0 radical (unpaired) electrons. The maximum atomic E-state index is 10.3. The van der Waals surface area contributed by atoms with Gasteiger partial charge in [-0.1, -0.05) is 11.3 Å². The van der Waals surface area contributed by atoms with Crippen molar-refractivity contribution in [3.63, 3.8) is 0 Å². The molecule has 0 amide bonds. The van der Waals surface area contributed by atoms with Crippen molar-refractivity contribution in [1.82, 2.24) is 0 Å². The minimum Gasteiger partial charge on any atom is -1.00 e. The third-order valence-corrected chi connectivity index (χ3v) is 3.12. The fourth-order valence-corrected chi connectivity index (χ4v) is 2.14. The smallest absolute Gasteiger partial charge is 1.00 e. The largest absolute Gasteiger partial charge is 1.00 e. The molecule has 1 aromatic heterocycles. The molecule has 0 aromatic carbocycles. The van der Waals surface area contributed by atoms with Crippen LogP contribution < -0.4 is 34.1 Å². The average Bonchev–Trinajstić information content (AvgIpc) is 2.18. The van der Waals surface area contributed by atoms with E-state index >= 15 is 0 Å². The van der Waals surface area contributed by atoms with Crippen LogP contribution in [0.1, 0.15) is 7.12 Å². The zero-order chi connectivity index (χ0) is 8.43. The molecular formula is C6H8BrNNaO2S+. The van der Waals surface area contributed by atoms with Crippen LogP contribution in [0.3, 0.4) is 0 Å². The standard InChI is InChI=1S/C6H6BrNO2S.Na.H/c1-4-3-11-6(7)8(4)2-5(9)10;;/h3H,2H2,1H3;;/q;+1;-1/p+1. The molecule has 1 rings (SSSR count). The van der Waals surface area contributed by atoms with Crippen LogP contribution in [0.25, 0.3) is 0 Å². The minimum atomic E-state index is -0.822. The Morgan fingerprint density at radius 2 is 2.50 bits per heavy atom. The van der Waals surface area contributed by atoms with E-state index in [9.17, 15) is 4.79 Å². The number of carboxylic acids is 1. The van der Waals surface area contributed by atoms with Crippen LogP contribution in [0.2, 0.25) is 0 Å².